The highest BCUT2D eigenvalue weighted by atomic mass is 32.2. The molecule has 2 rings (SSSR count). The minimum absolute atomic E-state index is 0.182. The van der Waals surface area contributed by atoms with Crippen LogP contribution < -0.4 is 4.72 Å². The first-order valence-corrected chi connectivity index (χ1v) is 9.00. The monoisotopic (exact) mass is 326 g/mol. The molecule has 0 fully saturated rings. The Morgan fingerprint density at radius 2 is 2.00 bits per heavy atom. The lowest BCUT2D eigenvalue weighted by molar-refractivity contribution is 0.199. The van der Waals surface area contributed by atoms with Gasteiger partial charge in [0.15, 0.2) is 0 Å². The summed E-state index contributed by atoms with van der Waals surface area (Å²) in [4.78, 5) is 4.34. The van der Waals surface area contributed by atoms with Crippen LogP contribution in [0.15, 0.2) is 40.7 Å². The number of benzene rings is 1. The van der Waals surface area contributed by atoms with Crippen molar-refractivity contribution in [2.24, 2.45) is 0 Å². The molecule has 5 nitrogen and oxygen atoms in total. The Labute approximate surface area is 128 Å². The first kappa shape index (κ1) is 16.1. The summed E-state index contributed by atoms with van der Waals surface area (Å²) < 4.78 is 27.4. The normalized spacial score (nSPS) is 14.8. The molecule has 0 bridgehead atoms. The minimum atomic E-state index is -3.61. The molecular weight excluding hydrogens is 308 g/mol. The van der Waals surface area contributed by atoms with Gasteiger partial charge in [-0.25, -0.2) is 18.1 Å². The molecule has 1 aromatic carbocycles. The Kier molecular flexibility index (Phi) is 5.10. The average molecular weight is 326 g/mol. The number of nitrogens with zero attached hydrogens (tertiary/aromatic N) is 1. The van der Waals surface area contributed by atoms with Crippen molar-refractivity contribution in [1.82, 2.24) is 9.71 Å². The molecular formula is C14H18N2O3S2. The maximum atomic E-state index is 12.4. The van der Waals surface area contributed by atoms with Crippen molar-refractivity contribution < 1.29 is 13.5 Å². The summed E-state index contributed by atoms with van der Waals surface area (Å²) >= 11 is 1.43. The maximum Gasteiger partial charge on any atom is 0.241 e. The predicted molar refractivity (Wildman–Crippen MR) is 82.5 cm³/mol. The second-order valence-electron chi connectivity index (χ2n) is 4.70. The molecule has 114 valence electrons. The van der Waals surface area contributed by atoms with Crippen LogP contribution in [0.2, 0.25) is 0 Å². The zero-order valence-electron chi connectivity index (χ0n) is 11.9. The topological polar surface area (TPSA) is 79.3 Å². The van der Waals surface area contributed by atoms with E-state index < -0.39 is 16.1 Å². The molecule has 0 aliphatic rings. The van der Waals surface area contributed by atoms with Gasteiger partial charge in [-0.05, 0) is 31.0 Å². The maximum absolute atomic E-state index is 12.4. The molecule has 0 saturated carbocycles. The van der Waals surface area contributed by atoms with Gasteiger partial charge in [-0.1, -0.05) is 19.1 Å². The molecule has 2 aromatic rings. The SMILES string of the molecule is CCC(NS(=O)(=O)c1ccc(C(C)O)cc1)c1nccs1. The lowest BCUT2D eigenvalue weighted by atomic mass is 10.1. The van der Waals surface area contributed by atoms with E-state index in [1.165, 1.54) is 23.5 Å². The molecule has 0 aliphatic carbocycles. The smallest absolute Gasteiger partial charge is 0.241 e. The van der Waals surface area contributed by atoms with Crippen molar-refractivity contribution >= 4 is 21.4 Å². The third-order valence-electron chi connectivity index (χ3n) is 3.13. The number of aliphatic hydroxyl groups is 1. The Morgan fingerprint density at radius 1 is 1.33 bits per heavy atom. The second-order valence-corrected chi connectivity index (χ2v) is 7.34. The van der Waals surface area contributed by atoms with Crippen LogP contribution in [-0.4, -0.2) is 18.5 Å². The molecule has 2 unspecified atom stereocenters. The van der Waals surface area contributed by atoms with Gasteiger partial charge in [-0.15, -0.1) is 11.3 Å². The van der Waals surface area contributed by atoms with Crippen LogP contribution in [0.5, 0.6) is 0 Å². The molecule has 0 radical (unpaired) electrons. The molecule has 1 aromatic heterocycles. The van der Waals surface area contributed by atoms with E-state index in [1.54, 1.807) is 25.3 Å². The van der Waals surface area contributed by atoms with E-state index in [0.717, 1.165) is 5.01 Å². The van der Waals surface area contributed by atoms with Crippen molar-refractivity contribution in [3.8, 4) is 0 Å². The molecule has 0 amide bonds. The number of rotatable bonds is 6. The van der Waals surface area contributed by atoms with Gasteiger partial charge in [0.05, 0.1) is 17.0 Å². The third-order valence-corrected chi connectivity index (χ3v) is 5.50. The average Bonchev–Trinajstić information content (AvgIpc) is 2.99. The van der Waals surface area contributed by atoms with Crippen molar-refractivity contribution in [2.75, 3.05) is 0 Å². The largest absolute Gasteiger partial charge is 0.389 e. The highest BCUT2D eigenvalue weighted by Gasteiger charge is 2.21. The summed E-state index contributed by atoms with van der Waals surface area (Å²) in [5, 5.41) is 12.0. The second kappa shape index (κ2) is 6.65. The summed E-state index contributed by atoms with van der Waals surface area (Å²) in [5.74, 6) is 0. The van der Waals surface area contributed by atoms with Gasteiger partial charge >= 0.3 is 0 Å². The number of aromatic nitrogens is 1. The van der Waals surface area contributed by atoms with E-state index in [0.29, 0.717) is 12.0 Å². The van der Waals surface area contributed by atoms with Crippen LogP contribution in [0.4, 0.5) is 0 Å². The van der Waals surface area contributed by atoms with Crippen LogP contribution >= 0.6 is 11.3 Å². The summed E-state index contributed by atoms with van der Waals surface area (Å²) in [6.45, 7) is 3.54. The predicted octanol–water partition coefficient (Wildman–Crippen LogP) is 2.63. The minimum Gasteiger partial charge on any atom is -0.389 e. The fourth-order valence-corrected chi connectivity index (χ4v) is 4.03. The molecule has 0 saturated heterocycles. The van der Waals surface area contributed by atoms with Gasteiger partial charge in [0.2, 0.25) is 10.0 Å². The van der Waals surface area contributed by atoms with Gasteiger partial charge in [-0.3, -0.25) is 0 Å². The number of hydrogen-bond acceptors (Lipinski definition) is 5. The van der Waals surface area contributed by atoms with Crippen molar-refractivity contribution in [1.29, 1.82) is 0 Å². The molecule has 0 spiro atoms. The van der Waals surface area contributed by atoms with Gasteiger partial charge in [-0.2, -0.15) is 0 Å². The summed E-state index contributed by atoms with van der Waals surface area (Å²) in [6, 6.07) is 5.90. The number of aliphatic hydroxyl groups excluding tert-OH is 1. The number of nitrogens with one attached hydrogen (secondary N) is 1. The van der Waals surface area contributed by atoms with Crippen molar-refractivity contribution in [3.63, 3.8) is 0 Å². The highest BCUT2D eigenvalue weighted by Crippen LogP contribution is 2.22. The van der Waals surface area contributed by atoms with E-state index in [-0.39, 0.29) is 10.9 Å². The molecule has 2 N–H and O–H groups in total. The van der Waals surface area contributed by atoms with Crippen LogP contribution in [0, 0.1) is 0 Å². The lowest BCUT2D eigenvalue weighted by Gasteiger charge is -2.15. The van der Waals surface area contributed by atoms with Gasteiger partial charge in [0.25, 0.3) is 0 Å². The molecule has 7 heteroatoms. The van der Waals surface area contributed by atoms with Gasteiger partial charge in [0.1, 0.15) is 5.01 Å². The number of hydrogen-bond donors (Lipinski definition) is 2. The first-order chi connectivity index (χ1) is 9.94. The highest BCUT2D eigenvalue weighted by molar-refractivity contribution is 7.89. The van der Waals surface area contributed by atoms with Gasteiger partial charge < -0.3 is 5.11 Å². The Morgan fingerprint density at radius 3 is 2.48 bits per heavy atom. The summed E-state index contributed by atoms with van der Waals surface area (Å²) in [6.07, 6.45) is 1.67. The third kappa shape index (κ3) is 3.88. The van der Waals surface area contributed by atoms with Crippen molar-refractivity contribution in [3.05, 3.63) is 46.4 Å². The molecule has 21 heavy (non-hydrogen) atoms. The Balaban J connectivity index is 2.21. The Bertz CT molecular complexity index is 665. The van der Waals surface area contributed by atoms with E-state index in [4.69, 9.17) is 0 Å². The summed E-state index contributed by atoms with van der Waals surface area (Å²) in [5.41, 5.74) is 0.681. The van der Waals surface area contributed by atoms with E-state index in [1.807, 2.05) is 12.3 Å². The van der Waals surface area contributed by atoms with Crippen LogP contribution in [0.1, 0.15) is 43.0 Å². The standard InChI is InChI=1S/C14H18N2O3S2/c1-3-13(14-15-8-9-20-14)16-21(18,19)12-6-4-11(5-7-12)10(2)17/h4-10,13,16-17H,3H2,1-2H3. The van der Waals surface area contributed by atoms with E-state index in [9.17, 15) is 13.5 Å². The molecule has 1 heterocycles. The quantitative estimate of drug-likeness (QED) is 0.855. The number of sulfonamides is 1. The lowest BCUT2D eigenvalue weighted by Crippen LogP contribution is -2.28. The van der Waals surface area contributed by atoms with Crippen LogP contribution in [0.3, 0.4) is 0 Å². The first-order valence-electron chi connectivity index (χ1n) is 6.63. The van der Waals surface area contributed by atoms with Crippen molar-refractivity contribution in [2.45, 2.75) is 37.3 Å². The zero-order chi connectivity index (χ0) is 15.5. The van der Waals surface area contributed by atoms with E-state index >= 15 is 0 Å². The van der Waals surface area contributed by atoms with Crippen LogP contribution in [-0.2, 0) is 10.0 Å². The fraction of sp³-hybridized carbons (Fsp3) is 0.357. The molecule has 2 atom stereocenters. The van der Waals surface area contributed by atoms with E-state index in [2.05, 4.69) is 9.71 Å². The number of thiazole rings is 1. The fourth-order valence-electron chi connectivity index (χ4n) is 1.90. The van der Waals surface area contributed by atoms with Gasteiger partial charge in [0, 0.05) is 11.6 Å². The summed E-state index contributed by atoms with van der Waals surface area (Å²) in [7, 11) is -3.61. The molecule has 0 aliphatic heterocycles. The Hall–Kier alpha value is -1.28. The van der Waals surface area contributed by atoms with Crippen LogP contribution in [0.25, 0.3) is 0 Å². The zero-order valence-corrected chi connectivity index (χ0v) is 13.5.